The fourth-order valence-corrected chi connectivity index (χ4v) is 7.91. The number of aliphatic hydroxyl groups excluding tert-OH is 2. The van der Waals surface area contributed by atoms with Crippen LogP contribution in [-0.4, -0.2) is 58.5 Å². The molecule has 0 radical (unpaired) electrons. The number of aliphatic hydroxyl groups is 2. The largest absolute Gasteiger partial charge is 0.396 e. The SMILES string of the molecule is Nc1ncnc2c1ncn2C1C(CO)C(CO)C12SCCCS2. The minimum atomic E-state index is -0.131. The fourth-order valence-electron chi connectivity index (χ4n) is 3.83. The molecule has 2 aromatic rings. The van der Waals surface area contributed by atoms with Gasteiger partial charge in [-0.15, -0.1) is 23.5 Å². The van der Waals surface area contributed by atoms with Crippen LogP contribution >= 0.6 is 23.5 Å². The lowest BCUT2D eigenvalue weighted by atomic mass is 9.68. The number of hydrogen-bond acceptors (Lipinski definition) is 8. The molecule has 23 heavy (non-hydrogen) atoms. The average Bonchev–Trinajstić information content (AvgIpc) is 2.99. The van der Waals surface area contributed by atoms with E-state index in [4.69, 9.17) is 5.73 Å². The molecule has 1 saturated heterocycles. The van der Waals surface area contributed by atoms with Crippen LogP contribution in [0.1, 0.15) is 12.5 Å². The Morgan fingerprint density at radius 2 is 2.00 bits per heavy atom. The molecule has 124 valence electrons. The summed E-state index contributed by atoms with van der Waals surface area (Å²) in [7, 11) is 0. The molecule has 0 amide bonds. The second kappa shape index (κ2) is 5.80. The van der Waals surface area contributed by atoms with E-state index in [1.165, 1.54) is 12.7 Å². The van der Waals surface area contributed by atoms with Gasteiger partial charge in [-0.25, -0.2) is 15.0 Å². The van der Waals surface area contributed by atoms with E-state index in [-0.39, 0.29) is 35.2 Å². The third kappa shape index (κ3) is 2.10. The number of anilines is 1. The summed E-state index contributed by atoms with van der Waals surface area (Å²) in [5.41, 5.74) is 7.19. The van der Waals surface area contributed by atoms with Crippen molar-refractivity contribution in [3.63, 3.8) is 0 Å². The Hall–Kier alpha value is -1.03. The van der Waals surface area contributed by atoms with Gasteiger partial charge in [0.1, 0.15) is 11.8 Å². The predicted octanol–water partition coefficient (Wildman–Crippen LogP) is 0.747. The van der Waals surface area contributed by atoms with E-state index >= 15 is 0 Å². The number of nitrogens with two attached hydrogens (primary N) is 1. The average molecular weight is 353 g/mol. The van der Waals surface area contributed by atoms with Crippen molar-refractivity contribution in [3.05, 3.63) is 12.7 Å². The van der Waals surface area contributed by atoms with Gasteiger partial charge in [-0.1, -0.05) is 0 Å². The summed E-state index contributed by atoms with van der Waals surface area (Å²) in [6.45, 7) is 0.129. The highest BCUT2D eigenvalue weighted by atomic mass is 32.2. The van der Waals surface area contributed by atoms with E-state index < -0.39 is 0 Å². The van der Waals surface area contributed by atoms with E-state index in [1.54, 1.807) is 6.33 Å². The molecule has 4 N–H and O–H groups in total. The Morgan fingerprint density at radius 3 is 2.70 bits per heavy atom. The molecular formula is C14H19N5O2S2. The highest BCUT2D eigenvalue weighted by molar-refractivity contribution is 8.19. The van der Waals surface area contributed by atoms with Gasteiger partial charge >= 0.3 is 0 Å². The molecule has 1 aliphatic heterocycles. The topological polar surface area (TPSA) is 110 Å². The van der Waals surface area contributed by atoms with Gasteiger partial charge in [-0.05, 0) is 17.9 Å². The smallest absolute Gasteiger partial charge is 0.165 e. The Bertz CT molecular complexity index is 718. The number of nitrogen functional groups attached to an aromatic ring is 1. The molecule has 9 heteroatoms. The maximum atomic E-state index is 9.88. The molecule has 2 fully saturated rings. The Kier molecular flexibility index (Phi) is 3.91. The van der Waals surface area contributed by atoms with Crippen molar-refractivity contribution in [1.82, 2.24) is 19.5 Å². The van der Waals surface area contributed by atoms with Crippen molar-refractivity contribution in [1.29, 1.82) is 0 Å². The van der Waals surface area contributed by atoms with E-state index in [0.717, 1.165) is 11.5 Å². The minimum Gasteiger partial charge on any atom is -0.396 e. The van der Waals surface area contributed by atoms with Crippen LogP contribution in [0.2, 0.25) is 0 Å². The Labute approximate surface area is 142 Å². The first-order valence-corrected chi connectivity index (χ1v) is 9.62. The van der Waals surface area contributed by atoms with Gasteiger partial charge < -0.3 is 20.5 Å². The van der Waals surface area contributed by atoms with Crippen LogP contribution in [0.15, 0.2) is 12.7 Å². The third-order valence-electron chi connectivity index (χ3n) is 4.89. The molecule has 3 unspecified atom stereocenters. The zero-order chi connectivity index (χ0) is 16.0. The van der Waals surface area contributed by atoms with Gasteiger partial charge in [0.25, 0.3) is 0 Å². The lowest BCUT2D eigenvalue weighted by Gasteiger charge is -2.61. The first-order chi connectivity index (χ1) is 11.2. The molecule has 0 bridgehead atoms. The number of hydrogen-bond donors (Lipinski definition) is 3. The number of rotatable bonds is 3. The van der Waals surface area contributed by atoms with Crippen molar-refractivity contribution in [2.75, 3.05) is 30.5 Å². The van der Waals surface area contributed by atoms with Gasteiger partial charge in [0.05, 0.1) is 16.4 Å². The van der Waals surface area contributed by atoms with Crippen LogP contribution in [0.3, 0.4) is 0 Å². The van der Waals surface area contributed by atoms with Crippen LogP contribution in [0, 0.1) is 11.8 Å². The van der Waals surface area contributed by atoms with E-state index in [2.05, 4.69) is 15.0 Å². The summed E-state index contributed by atoms with van der Waals surface area (Å²) in [5.74, 6) is 2.57. The van der Waals surface area contributed by atoms with Crippen LogP contribution < -0.4 is 5.73 Å². The number of fused-ring (bicyclic) bond motifs is 1. The first-order valence-electron chi connectivity index (χ1n) is 7.65. The van der Waals surface area contributed by atoms with Crippen molar-refractivity contribution in [3.8, 4) is 0 Å². The quantitative estimate of drug-likeness (QED) is 0.741. The van der Waals surface area contributed by atoms with Crippen molar-refractivity contribution >= 4 is 40.5 Å². The molecule has 1 saturated carbocycles. The van der Waals surface area contributed by atoms with E-state index in [9.17, 15) is 10.2 Å². The maximum Gasteiger partial charge on any atom is 0.165 e. The molecule has 0 aromatic carbocycles. The second-order valence-corrected chi connectivity index (χ2v) is 8.94. The van der Waals surface area contributed by atoms with Crippen LogP contribution in [0.4, 0.5) is 5.82 Å². The van der Waals surface area contributed by atoms with Gasteiger partial charge in [0, 0.05) is 25.0 Å². The monoisotopic (exact) mass is 353 g/mol. The zero-order valence-corrected chi connectivity index (χ0v) is 14.1. The lowest BCUT2D eigenvalue weighted by Crippen LogP contribution is -2.62. The van der Waals surface area contributed by atoms with Crippen LogP contribution in [0.25, 0.3) is 11.2 Å². The summed E-state index contributed by atoms with van der Waals surface area (Å²) < 4.78 is 1.89. The number of thioether (sulfide) groups is 2. The van der Waals surface area contributed by atoms with Gasteiger partial charge in [0.15, 0.2) is 11.5 Å². The molecule has 1 aliphatic carbocycles. The molecule has 2 aromatic heterocycles. The summed E-state index contributed by atoms with van der Waals surface area (Å²) in [6.07, 6.45) is 4.36. The van der Waals surface area contributed by atoms with Gasteiger partial charge in [-0.3, -0.25) is 0 Å². The first kappa shape index (κ1) is 15.5. The highest BCUT2D eigenvalue weighted by Gasteiger charge is 2.63. The lowest BCUT2D eigenvalue weighted by molar-refractivity contribution is -0.0106. The molecule has 2 aliphatic rings. The zero-order valence-electron chi connectivity index (χ0n) is 12.5. The molecule has 7 nitrogen and oxygen atoms in total. The molecule has 1 spiro atoms. The maximum absolute atomic E-state index is 9.88. The van der Waals surface area contributed by atoms with Crippen LogP contribution in [-0.2, 0) is 0 Å². The second-order valence-electron chi connectivity index (χ2n) is 5.94. The summed E-state index contributed by atoms with van der Waals surface area (Å²) in [4.78, 5) is 12.7. The number of imidazole rings is 1. The molecule has 3 atom stereocenters. The van der Waals surface area contributed by atoms with Crippen molar-refractivity contribution in [2.45, 2.75) is 16.5 Å². The summed E-state index contributed by atoms with van der Waals surface area (Å²) >= 11 is 3.78. The predicted molar refractivity (Wildman–Crippen MR) is 92.2 cm³/mol. The molecule has 3 heterocycles. The minimum absolute atomic E-state index is 0.00769. The third-order valence-corrected chi connectivity index (χ3v) is 8.57. The Balaban J connectivity index is 1.82. The normalized spacial score (nSPS) is 29.7. The molecular weight excluding hydrogens is 334 g/mol. The highest BCUT2D eigenvalue weighted by Crippen LogP contribution is 2.67. The molecule has 4 rings (SSSR count). The van der Waals surface area contributed by atoms with Gasteiger partial charge in [0.2, 0.25) is 0 Å². The van der Waals surface area contributed by atoms with E-state index in [1.807, 2.05) is 28.1 Å². The van der Waals surface area contributed by atoms with Gasteiger partial charge in [-0.2, -0.15) is 0 Å². The summed E-state index contributed by atoms with van der Waals surface area (Å²) in [5, 5.41) is 19.7. The standard InChI is InChI=1S/C14H19N5O2S2/c15-12-10-13(17-6-16-12)19(7-18-10)11-8(4-20)9(5-21)14(11)22-2-1-3-23-14/h6-9,11,20-21H,1-5H2,(H2,15,16,17). The summed E-state index contributed by atoms with van der Waals surface area (Å²) in [6, 6.07) is 0.0410. The van der Waals surface area contributed by atoms with Crippen LogP contribution in [0.5, 0.6) is 0 Å². The van der Waals surface area contributed by atoms with Crippen molar-refractivity contribution < 1.29 is 10.2 Å². The number of nitrogens with zero attached hydrogens (tertiary/aromatic N) is 4. The Morgan fingerprint density at radius 1 is 1.22 bits per heavy atom. The number of aromatic nitrogens is 4. The van der Waals surface area contributed by atoms with Crippen molar-refractivity contribution in [2.24, 2.45) is 11.8 Å². The fraction of sp³-hybridized carbons (Fsp3) is 0.643. The van der Waals surface area contributed by atoms with E-state index in [0.29, 0.717) is 17.0 Å².